The van der Waals surface area contributed by atoms with Gasteiger partial charge in [0.1, 0.15) is 5.69 Å². The first-order chi connectivity index (χ1) is 13.6. The normalized spacial score (nSPS) is 13.5. The van der Waals surface area contributed by atoms with Gasteiger partial charge >= 0.3 is 5.97 Å². The Morgan fingerprint density at radius 2 is 2.04 bits per heavy atom. The number of fused-ring (bicyclic) bond motifs is 2. The Morgan fingerprint density at radius 3 is 2.82 bits per heavy atom. The summed E-state index contributed by atoms with van der Waals surface area (Å²) < 4.78 is 23.0. The number of hydrogen-bond donors (Lipinski definition) is 1. The van der Waals surface area contributed by atoms with E-state index in [1.807, 2.05) is 12.1 Å². The van der Waals surface area contributed by atoms with Crippen LogP contribution in [0.15, 0.2) is 41.0 Å². The van der Waals surface area contributed by atoms with Crippen LogP contribution in [0.25, 0.3) is 11.1 Å². The van der Waals surface area contributed by atoms with Gasteiger partial charge in [0.25, 0.3) is 5.91 Å². The molecular formula is C20H20N2O6. The molecule has 146 valence electrons. The van der Waals surface area contributed by atoms with Crippen molar-refractivity contribution in [1.82, 2.24) is 9.88 Å². The summed E-state index contributed by atoms with van der Waals surface area (Å²) >= 11 is 0. The first-order valence-corrected chi connectivity index (χ1v) is 8.97. The number of amides is 1. The van der Waals surface area contributed by atoms with Crippen LogP contribution in [0, 0.1) is 0 Å². The van der Waals surface area contributed by atoms with Gasteiger partial charge in [-0.1, -0.05) is 13.0 Å². The fraction of sp³-hybridized carbons (Fsp3) is 0.300. The molecule has 1 unspecified atom stereocenters. The third kappa shape index (κ3) is 3.28. The third-order valence-electron chi connectivity index (χ3n) is 4.69. The van der Waals surface area contributed by atoms with Crippen molar-refractivity contribution >= 4 is 23.0 Å². The van der Waals surface area contributed by atoms with Crippen LogP contribution in [0.1, 0.15) is 29.4 Å². The van der Waals surface area contributed by atoms with Crippen LogP contribution in [-0.4, -0.2) is 29.3 Å². The molecule has 1 amide bonds. The van der Waals surface area contributed by atoms with E-state index in [1.54, 1.807) is 43.0 Å². The summed E-state index contributed by atoms with van der Waals surface area (Å²) in [5.74, 6) is 0.410. The molecule has 0 aliphatic carbocycles. The first-order valence-electron chi connectivity index (χ1n) is 8.97. The van der Waals surface area contributed by atoms with Crippen LogP contribution in [0.4, 0.5) is 0 Å². The van der Waals surface area contributed by atoms with Crippen molar-refractivity contribution in [3.63, 3.8) is 0 Å². The largest absolute Gasteiger partial charge is 0.463 e. The zero-order valence-electron chi connectivity index (χ0n) is 15.6. The number of furan rings is 1. The van der Waals surface area contributed by atoms with E-state index < -0.39 is 12.1 Å². The maximum atomic E-state index is 12.5. The lowest BCUT2D eigenvalue weighted by Crippen LogP contribution is -2.37. The maximum absolute atomic E-state index is 12.5. The highest BCUT2D eigenvalue weighted by atomic mass is 16.7. The zero-order chi connectivity index (χ0) is 19.7. The Labute approximate surface area is 161 Å². The molecule has 1 N–H and O–H groups in total. The minimum atomic E-state index is -0.886. The van der Waals surface area contributed by atoms with Crippen molar-refractivity contribution in [1.29, 1.82) is 0 Å². The van der Waals surface area contributed by atoms with E-state index >= 15 is 0 Å². The molecule has 0 radical (unpaired) electrons. The van der Waals surface area contributed by atoms with Crippen molar-refractivity contribution in [3.8, 4) is 11.5 Å². The molecule has 0 saturated carbocycles. The van der Waals surface area contributed by atoms with E-state index in [9.17, 15) is 9.59 Å². The standard InChI is InChI=1S/C20H20N2O6/c1-3-15(28-20(24)14-9-17-13(22(14)2)6-7-25-17)19(23)21-10-12-4-5-16-18(8-12)27-11-26-16/h4-9,15H,3,10-11H2,1-2H3,(H,21,23). The van der Waals surface area contributed by atoms with Crippen molar-refractivity contribution in [2.24, 2.45) is 7.05 Å². The fourth-order valence-corrected chi connectivity index (χ4v) is 3.11. The zero-order valence-corrected chi connectivity index (χ0v) is 15.6. The highest BCUT2D eigenvalue weighted by Gasteiger charge is 2.24. The van der Waals surface area contributed by atoms with Crippen LogP contribution in [0.3, 0.4) is 0 Å². The first kappa shape index (κ1) is 18.0. The van der Waals surface area contributed by atoms with Crippen LogP contribution in [0.5, 0.6) is 11.5 Å². The number of carbonyl (C=O) groups is 2. The molecule has 28 heavy (non-hydrogen) atoms. The van der Waals surface area contributed by atoms with Crippen LogP contribution in [0.2, 0.25) is 0 Å². The van der Waals surface area contributed by atoms with Crippen LogP contribution < -0.4 is 14.8 Å². The summed E-state index contributed by atoms with van der Waals surface area (Å²) in [6, 6.07) is 8.83. The van der Waals surface area contributed by atoms with Crippen molar-refractivity contribution < 1.29 is 28.2 Å². The topological polar surface area (TPSA) is 91.9 Å². The van der Waals surface area contributed by atoms with Gasteiger partial charge in [-0.05, 0) is 24.1 Å². The number of carbonyl (C=O) groups excluding carboxylic acids is 2. The number of ether oxygens (including phenoxy) is 3. The molecule has 4 rings (SSSR count). The predicted molar refractivity (Wildman–Crippen MR) is 99.1 cm³/mol. The van der Waals surface area contributed by atoms with Gasteiger partial charge in [0.2, 0.25) is 6.79 Å². The minimum absolute atomic E-state index is 0.197. The Bertz CT molecular complexity index is 1030. The quantitative estimate of drug-likeness (QED) is 0.657. The second-order valence-electron chi connectivity index (χ2n) is 6.47. The number of aryl methyl sites for hydroxylation is 1. The molecule has 8 nitrogen and oxygen atoms in total. The van der Waals surface area contributed by atoms with E-state index in [0.717, 1.165) is 11.1 Å². The Morgan fingerprint density at radius 1 is 1.21 bits per heavy atom. The molecule has 8 heteroatoms. The van der Waals surface area contributed by atoms with Gasteiger partial charge < -0.3 is 28.5 Å². The molecule has 0 fully saturated rings. The Balaban J connectivity index is 1.39. The van der Waals surface area contributed by atoms with E-state index in [0.29, 0.717) is 35.7 Å². The average molecular weight is 384 g/mol. The summed E-state index contributed by atoms with van der Waals surface area (Å²) in [6.45, 7) is 2.28. The SMILES string of the molecule is CCC(OC(=O)c1cc2occc2n1C)C(=O)NCc1ccc2c(c1)OCO2. The van der Waals surface area contributed by atoms with E-state index in [2.05, 4.69) is 5.32 Å². The molecule has 0 spiro atoms. The van der Waals surface area contributed by atoms with Gasteiger partial charge in [0.05, 0.1) is 11.8 Å². The molecule has 1 aliphatic rings. The minimum Gasteiger partial charge on any atom is -0.463 e. The molecule has 3 aromatic rings. The summed E-state index contributed by atoms with van der Waals surface area (Å²) in [5, 5.41) is 2.80. The monoisotopic (exact) mass is 384 g/mol. The second kappa shape index (κ2) is 7.30. The van der Waals surface area contributed by atoms with Crippen molar-refractivity contribution in [2.45, 2.75) is 26.0 Å². The number of esters is 1. The molecule has 3 heterocycles. The lowest BCUT2D eigenvalue weighted by atomic mass is 10.2. The molecule has 2 aromatic heterocycles. The van der Waals surface area contributed by atoms with Gasteiger partial charge in [-0.3, -0.25) is 4.79 Å². The lowest BCUT2D eigenvalue weighted by Gasteiger charge is -2.16. The molecule has 0 bridgehead atoms. The fourth-order valence-electron chi connectivity index (χ4n) is 3.11. The molecule has 0 saturated heterocycles. The summed E-state index contributed by atoms with van der Waals surface area (Å²) in [6.07, 6.45) is 1.03. The molecule has 1 aliphatic heterocycles. The lowest BCUT2D eigenvalue weighted by molar-refractivity contribution is -0.130. The van der Waals surface area contributed by atoms with Crippen LogP contribution >= 0.6 is 0 Å². The number of nitrogens with one attached hydrogen (secondary N) is 1. The summed E-state index contributed by atoms with van der Waals surface area (Å²) in [7, 11) is 1.75. The summed E-state index contributed by atoms with van der Waals surface area (Å²) in [4.78, 5) is 25.0. The smallest absolute Gasteiger partial charge is 0.355 e. The maximum Gasteiger partial charge on any atom is 0.355 e. The molecule has 1 aromatic carbocycles. The highest BCUT2D eigenvalue weighted by Crippen LogP contribution is 2.32. The number of rotatable bonds is 6. The van der Waals surface area contributed by atoms with Gasteiger partial charge in [0.15, 0.2) is 23.2 Å². The number of benzene rings is 1. The Kier molecular flexibility index (Phi) is 4.68. The van der Waals surface area contributed by atoms with Gasteiger partial charge in [-0.25, -0.2) is 4.79 Å². The Hall–Kier alpha value is -3.42. The van der Waals surface area contributed by atoms with Crippen molar-refractivity contribution in [2.75, 3.05) is 6.79 Å². The number of nitrogens with zero attached hydrogens (tertiary/aromatic N) is 1. The second-order valence-corrected chi connectivity index (χ2v) is 6.47. The third-order valence-corrected chi connectivity index (χ3v) is 4.69. The van der Waals surface area contributed by atoms with Crippen LogP contribution in [-0.2, 0) is 23.1 Å². The van der Waals surface area contributed by atoms with Gasteiger partial charge in [-0.15, -0.1) is 0 Å². The predicted octanol–water partition coefficient (Wildman–Crippen LogP) is 2.75. The van der Waals surface area contributed by atoms with E-state index in [1.165, 1.54) is 0 Å². The number of hydrogen-bond acceptors (Lipinski definition) is 6. The molecular weight excluding hydrogens is 364 g/mol. The molecule has 1 atom stereocenters. The van der Waals surface area contributed by atoms with Gasteiger partial charge in [-0.2, -0.15) is 0 Å². The van der Waals surface area contributed by atoms with Crippen molar-refractivity contribution in [3.05, 3.63) is 47.9 Å². The van der Waals surface area contributed by atoms with E-state index in [4.69, 9.17) is 18.6 Å². The van der Waals surface area contributed by atoms with Gasteiger partial charge in [0, 0.05) is 25.7 Å². The summed E-state index contributed by atoms with van der Waals surface area (Å²) in [5.41, 5.74) is 2.57. The average Bonchev–Trinajstić information content (AvgIpc) is 3.41. The number of aromatic nitrogens is 1. The van der Waals surface area contributed by atoms with E-state index in [-0.39, 0.29) is 12.7 Å². The highest BCUT2D eigenvalue weighted by molar-refractivity contribution is 5.95.